The Kier molecular flexibility index (Phi) is 60.2. The molecule has 6 nitrogen and oxygen atoms in total. The van der Waals surface area contributed by atoms with E-state index in [-0.39, 0.29) is 31.1 Å². The number of allylic oxidation sites excluding steroid dienone is 10. The van der Waals surface area contributed by atoms with E-state index >= 15 is 0 Å². The van der Waals surface area contributed by atoms with Crippen molar-refractivity contribution in [3.8, 4) is 0 Å². The number of hydrogen-bond donors (Lipinski definition) is 0. The Labute approximate surface area is 460 Å². The van der Waals surface area contributed by atoms with Crippen LogP contribution in [-0.4, -0.2) is 37.2 Å². The topological polar surface area (TPSA) is 78.9 Å². The van der Waals surface area contributed by atoms with Crippen LogP contribution < -0.4 is 0 Å². The summed E-state index contributed by atoms with van der Waals surface area (Å²) in [6, 6.07) is 0. The van der Waals surface area contributed by atoms with Gasteiger partial charge in [-0.15, -0.1) is 0 Å². The first-order chi connectivity index (χ1) is 36.5. The molecule has 0 bridgehead atoms. The molecule has 0 amide bonds. The first-order valence-electron chi connectivity index (χ1n) is 32.3. The Morgan fingerprint density at radius 1 is 0.284 bits per heavy atom. The third-order valence-electron chi connectivity index (χ3n) is 14.3. The molecule has 0 spiro atoms. The lowest BCUT2D eigenvalue weighted by Crippen LogP contribution is -2.30. The van der Waals surface area contributed by atoms with Crippen LogP contribution in [0.3, 0.4) is 0 Å². The fraction of sp³-hybridized carbons (Fsp3) is 0.809. The molecule has 1 atom stereocenters. The minimum Gasteiger partial charge on any atom is -0.462 e. The molecule has 0 aliphatic carbocycles. The predicted molar refractivity (Wildman–Crippen MR) is 321 cm³/mol. The normalized spacial score (nSPS) is 12.4. The Hall–Kier alpha value is -2.89. The van der Waals surface area contributed by atoms with Crippen LogP contribution in [0.15, 0.2) is 60.8 Å². The fourth-order valence-corrected chi connectivity index (χ4v) is 9.43. The molecule has 0 rings (SSSR count). The maximum Gasteiger partial charge on any atom is 0.306 e. The maximum absolute atomic E-state index is 12.8. The predicted octanol–water partition coefficient (Wildman–Crippen LogP) is 21.9. The Morgan fingerprint density at radius 2 is 0.527 bits per heavy atom. The molecule has 6 heteroatoms. The van der Waals surface area contributed by atoms with Gasteiger partial charge < -0.3 is 14.2 Å². The molecule has 430 valence electrons. The summed E-state index contributed by atoms with van der Waals surface area (Å²) in [7, 11) is 0. The highest BCUT2D eigenvalue weighted by molar-refractivity contribution is 5.71. The van der Waals surface area contributed by atoms with E-state index in [2.05, 4.69) is 81.5 Å². The van der Waals surface area contributed by atoms with Gasteiger partial charge in [-0.1, -0.05) is 293 Å². The van der Waals surface area contributed by atoms with Gasteiger partial charge in [-0.05, 0) is 83.5 Å². The number of unbranched alkanes of at least 4 members (excludes halogenated alkanes) is 38. The van der Waals surface area contributed by atoms with Gasteiger partial charge >= 0.3 is 17.9 Å². The summed E-state index contributed by atoms with van der Waals surface area (Å²) in [5, 5.41) is 0. The largest absolute Gasteiger partial charge is 0.462 e. The van der Waals surface area contributed by atoms with E-state index in [0.717, 1.165) is 89.9 Å². The van der Waals surface area contributed by atoms with Crippen molar-refractivity contribution in [3.63, 3.8) is 0 Å². The van der Waals surface area contributed by atoms with Crippen molar-refractivity contribution in [1.82, 2.24) is 0 Å². The highest BCUT2D eigenvalue weighted by atomic mass is 16.6. The van der Waals surface area contributed by atoms with Crippen LogP contribution in [0.1, 0.15) is 335 Å². The van der Waals surface area contributed by atoms with Gasteiger partial charge in [0.15, 0.2) is 6.10 Å². The van der Waals surface area contributed by atoms with Crippen molar-refractivity contribution in [1.29, 1.82) is 0 Å². The van der Waals surface area contributed by atoms with Crippen LogP contribution in [0.5, 0.6) is 0 Å². The molecule has 1 unspecified atom stereocenters. The fourth-order valence-electron chi connectivity index (χ4n) is 9.43. The third kappa shape index (κ3) is 60.0. The van der Waals surface area contributed by atoms with Gasteiger partial charge in [-0.25, -0.2) is 0 Å². The Bertz CT molecular complexity index is 1330. The van der Waals surface area contributed by atoms with Crippen molar-refractivity contribution in [2.45, 2.75) is 341 Å². The highest BCUT2D eigenvalue weighted by Gasteiger charge is 2.19. The Balaban J connectivity index is 3.98. The van der Waals surface area contributed by atoms with Crippen LogP contribution in [0.25, 0.3) is 0 Å². The van der Waals surface area contributed by atoms with E-state index in [9.17, 15) is 14.4 Å². The summed E-state index contributed by atoms with van der Waals surface area (Å²) in [6.07, 6.45) is 79.9. The number of carbonyl (C=O) groups is 3. The summed E-state index contributed by atoms with van der Waals surface area (Å²) < 4.78 is 16.8. The van der Waals surface area contributed by atoms with Crippen molar-refractivity contribution in [3.05, 3.63) is 60.8 Å². The second-order valence-electron chi connectivity index (χ2n) is 21.6. The van der Waals surface area contributed by atoms with Crippen LogP contribution >= 0.6 is 0 Å². The van der Waals surface area contributed by atoms with Gasteiger partial charge in [0.25, 0.3) is 0 Å². The molecule has 0 aromatic heterocycles. The van der Waals surface area contributed by atoms with E-state index in [1.807, 2.05) is 0 Å². The minimum atomic E-state index is -0.772. The van der Waals surface area contributed by atoms with E-state index in [1.165, 1.54) is 205 Å². The summed E-state index contributed by atoms with van der Waals surface area (Å²) in [6.45, 7) is 6.51. The van der Waals surface area contributed by atoms with E-state index in [1.54, 1.807) is 0 Å². The lowest BCUT2D eigenvalue weighted by atomic mass is 10.0. The zero-order chi connectivity index (χ0) is 53.6. The summed E-state index contributed by atoms with van der Waals surface area (Å²) >= 11 is 0. The summed E-state index contributed by atoms with van der Waals surface area (Å²) in [5.74, 6) is -0.870. The smallest absolute Gasteiger partial charge is 0.306 e. The molecule has 0 fully saturated rings. The number of hydrogen-bond acceptors (Lipinski definition) is 6. The zero-order valence-corrected chi connectivity index (χ0v) is 49.4. The molecule has 0 saturated heterocycles. The van der Waals surface area contributed by atoms with Crippen LogP contribution in [0, 0.1) is 0 Å². The average molecular weight is 1040 g/mol. The maximum atomic E-state index is 12.8. The van der Waals surface area contributed by atoms with Crippen molar-refractivity contribution >= 4 is 17.9 Å². The molecule has 0 heterocycles. The van der Waals surface area contributed by atoms with Gasteiger partial charge in [-0.3, -0.25) is 14.4 Å². The molecule has 0 radical (unpaired) electrons. The zero-order valence-electron chi connectivity index (χ0n) is 49.4. The Morgan fingerprint density at radius 3 is 0.838 bits per heavy atom. The molecule has 0 aromatic rings. The summed E-state index contributed by atoms with van der Waals surface area (Å²) in [4.78, 5) is 38.0. The van der Waals surface area contributed by atoms with Crippen LogP contribution in [0.2, 0.25) is 0 Å². The number of esters is 3. The molecule has 0 aromatic carbocycles. The van der Waals surface area contributed by atoms with Gasteiger partial charge in [0.1, 0.15) is 13.2 Å². The third-order valence-corrected chi connectivity index (χ3v) is 14.3. The molecular formula is C68H122O6. The number of ether oxygens (including phenoxy) is 3. The molecular weight excluding hydrogens is 913 g/mol. The standard InChI is InChI=1S/C68H122O6/c1-4-7-10-13-16-18-20-22-24-26-27-28-29-30-31-32-33-34-35-36-37-38-39-40-41-42-44-45-47-49-52-55-58-61-67(70)73-64-65(63-72-66(69)60-57-54-51-15-12-9-6-3)74-68(71)62-59-56-53-50-48-46-43-25-23-21-19-17-14-11-8-5-2/h7,10,16,18,22,24-25,27-28,43,65H,4-6,8-9,11-15,17,19-21,23,26,29-42,44-64H2,1-3H3/b10-7-,18-16-,24-22-,28-27-,43-25-. The molecule has 0 aliphatic heterocycles. The molecule has 74 heavy (non-hydrogen) atoms. The lowest BCUT2D eigenvalue weighted by Gasteiger charge is -2.18. The lowest BCUT2D eigenvalue weighted by molar-refractivity contribution is -0.167. The molecule has 0 N–H and O–H groups in total. The van der Waals surface area contributed by atoms with Crippen molar-refractivity contribution in [2.24, 2.45) is 0 Å². The van der Waals surface area contributed by atoms with Crippen LogP contribution in [0.4, 0.5) is 0 Å². The monoisotopic (exact) mass is 1030 g/mol. The second kappa shape index (κ2) is 62.6. The number of rotatable bonds is 59. The van der Waals surface area contributed by atoms with Gasteiger partial charge in [-0.2, -0.15) is 0 Å². The minimum absolute atomic E-state index is 0.0724. The quantitative estimate of drug-likeness (QED) is 0.0261. The van der Waals surface area contributed by atoms with Crippen molar-refractivity contribution in [2.75, 3.05) is 13.2 Å². The van der Waals surface area contributed by atoms with E-state index in [0.29, 0.717) is 19.3 Å². The van der Waals surface area contributed by atoms with Gasteiger partial charge in [0.2, 0.25) is 0 Å². The van der Waals surface area contributed by atoms with Crippen molar-refractivity contribution < 1.29 is 28.6 Å². The summed E-state index contributed by atoms with van der Waals surface area (Å²) in [5.41, 5.74) is 0. The first kappa shape index (κ1) is 71.1. The highest BCUT2D eigenvalue weighted by Crippen LogP contribution is 2.17. The molecule has 0 saturated carbocycles. The second-order valence-corrected chi connectivity index (χ2v) is 21.6. The SMILES string of the molecule is CC/C=C\C/C=C\C/C=C\C/C=C\CCCCCCCCCCCCCCCCCCCCCCC(=O)OCC(COC(=O)CCCCCCCCC)OC(=O)CCCCCCC/C=C\CCCCCCCCC. The van der Waals surface area contributed by atoms with E-state index in [4.69, 9.17) is 14.2 Å². The van der Waals surface area contributed by atoms with E-state index < -0.39 is 6.10 Å². The van der Waals surface area contributed by atoms with Gasteiger partial charge in [0.05, 0.1) is 0 Å². The average Bonchev–Trinajstić information content (AvgIpc) is 3.40. The number of carbonyl (C=O) groups excluding carboxylic acids is 3. The molecule has 0 aliphatic rings. The van der Waals surface area contributed by atoms with Gasteiger partial charge in [0, 0.05) is 19.3 Å². The van der Waals surface area contributed by atoms with Crippen LogP contribution in [-0.2, 0) is 28.6 Å². The first-order valence-corrected chi connectivity index (χ1v) is 32.3.